The number of anilines is 1. The Labute approximate surface area is 237 Å². The highest BCUT2D eigenvalue weighted by Crippen LogP contribution is 2.48. The summed E-state index contributed by atoms with van der Waals surface area (Å²) >= 11 is 5.70. The number of benzene rings is 1. The number of imidazole rings is 1. The lowest BCUT2D eigenvalue weighted by Crippen LogP contribution is -2.41. The maximum atomic E-state index is 16.1. The van der Waals surface area contributed by atoms with Crippen molar-refractivity contribution < 1.29 is 32.8 Å². The molecule has 0 aliphatic carbocycles. The molecule has 218 valence electrons. The van der Waals surface area contributed by atoms with E-state index in [1.54, 1.807) is 49.9 Å². The molecule has 12 nitrogen and oxygen atoms in total. The van der Waals surface area contributed by atoms with Crippen LogP contribution in [0.2, 0.25) is 0 Å². The summed E-state index contributed by atoms with van der Waals surface area (Å²) in [6.45, 7) is 2.68. The van der Waals surface area contributed by atoms with Crippen LogP contribution in [0.15, 0.2) is 36.7 Å². The van der Waals surface area contributed by atoms with Crippen LogP contribution in [0.3, 0.4) is 0 Å². The fourth-order valence-corrected chi connectivity index (χ4v) is 6.70. The molecule has 0 amide bonds. The number of ether oxygens (including phenoxy) is 2. The molecule has 4 rings (SSSR count). The molecule has 2 aromatic heterocycles. The molecular weight excluding hydrogens is 562 g/mol. The van der Waals surface area contributed by atoms with Crippen molar-refractivity contribution in [1.82, 2.24) is 24.6 Å². The lowest BCUT2D eigenvalue weighted by atomic mass is 9.98. The number of hydrogen-bond acceptors (Lipinski definition) is 11. The third kappa shape index (κ3) is 6.27. The van der Waals surface area contributed by atoms with Crippen LogP contribution in [0, 0.1) is 6.92 Å². The number of carbonyl (C=O) groups is 1. The van der Waals surface area contributed by atoms with Crippen LogP contribution in [0.25, 0.3) is 11.2 Å². The summed E-state index contributed by atoms with van der Waals surface area (Å²) in [4.78, 5) is 27.3. The minimum absolute atomic E-state index is 0.191. The van der Waals surface area contributed by atoms with E-state index < -0.39 is 42.8 Å². The first kappa shape index (κ1) is 30.2. The molecule has 1 aliphatic heterocycles. The Hall–Kier alpha value is -2.74. The first-order valence-corrected chi connectivity index (χ1v) is 15.3. The number of carbonyl (C=O) groups excluding carboxylic acids is 1. The summed E-state index contributed by atoms with van der Waals surface area (Å²) in [5, 5.41) is 13.9. The summed E-state index contributed by atoms with van der Waals surface area (Å²) in [5.74, 6) is 0.914. The van der Waals surface area contributed by atoms with Crippen molar-refractivity contribution in [2.45, 2.75) is 57.8 Å². The summed E-state index contributed by atoms with van der Waals surface area (Å²) in [7, 11) is 3.64. The highest BCUT2D eigenvalue weighted by Gasteiger charge is 2.56. The minimum atomic E-state index is -3.42. The van der Waals surface area contributed by atoms with Gasteiger partial charge >= 0.3 is 12.6 Å². The number of aliphatic hydroxyl groups excluding tert-OH is 1. The number of halogens is 1. The van der Waals surface area contributed by atoms with Gasteiger partial charge in [-0.2, -0.15) is 0 Å². The van der Waals surface area contributed by atoms with Gasteiger partial charge in [-0.05, 0) is 51.6 Å². The zero-order chi connectivity index (χ0) is 29.2. The summed E-state index contributed by atoms with van der Waals surface area (Å²) in [5.41, 5.74) is -1.41. The molecule has 6 atom stereocenters. The monoisotopic (exact) mass is 596 g/mol. The lowest BCUT2D eigenvalue weighted by molar-refractivity contribution is -0.144. The molecular formula is C25H34FN6O6PS. The van der Waals surface area contributed by atoms with Crippen molar-refractivity contribution in [2.24, 2.45) is 0 Å². The maximum absolute atomic E-state index is 16.1. The van der Waals surface area contributed by atoms with Crippen molar-refractivity contribution in [3.8, 4) is 5.75 Å². The number of fused-ring (bicyclic) bond motifs is 1. The third-order valence-corrected chi connectivity index (χ3v) is 8.78. The van der Waals surface area contributed by atoms with Gasteiger partial charge in [0.1, 0.15) is 29.8 Å². The Balaban J connectivity index is 1.58. The van der Waals surface area contributed by atoms with E-state index in [1.807, 2.05) is 20.2 Å². The van der Waals surface area contributed by atoms with Crippen LogP contribution in [-0.2, 0) is 30.6 Å². The molecule has 0 saturated carbocycles. The molecule has 15 heteroatoms. The molecule has 3 heterocycles. The Morgan fingerprint density at radius 1 is 1.35 bits per heavy atom. The Bertz CT molecular complexity index is 1390. The second-order valence-electron chi connectivity index (χ2n) is 9.74. The molecule has 1 unspecified atom stereocenters. The van der Waals surface area contributed by atoms with Crippen LogP contribution in [0.4, 0.5) is 10.2 Å². The number of esters is 1. The predicted molar refractivity (Wildman–Crippen MR) is 150 cm³/mol. The number of alkyl halides is 1. The van der Waals surface area contributed by atoms with E-state index >= 15 is 4.39 Å². The highest BCUT2D eigenvalue weighted by atomic mass is 32.5. The largest absolute Gasteiger partial charge is 0.465 e. The smallest absolute Gasteiger partial charge is 0.323 e. The summed E-state index contributed by atoms with van der Waals surface area (Å²) in [6, 6.07) is 7.85. The Morgan fingerprint density at radius 3 is 2.70 bits per heavy atom. The van der Waals surface area contributed by atoms with E-state index in [9.17, 15) is 9.90 Å². The number of hydrogen-bond donors (Lipinski definition) is 2. The Morgan fingerprint density at radius 2 is 2.05 bits per heavy atom. The fraction of sp³-hybridized carbons (Fsp3) is 0.520. The van der Waals surface area contributed by atoms with E-state index in [2.05, 4.69) is 20.0 Å². The van der Waals surface area contributed by atoms with Crippen molar-refractivity contribution in [2.75, 3.05) is 32.2 Å². The molecule has 40 heavy (non-hydrogen) atoms. The first-order chi connectivity index (χ1) is 18.9. The van der Waals surface area contributed by atoms with Crippen LogP contribution >= 0.6 is 6.64 Å². The maximum Gasteiger partial charge on any atom is 0.323 e. The standard InChI is InChI=1S/C25H34FN6O6PS/c1-7-35-23(34)15(2)30-39(40,38-17-11-9-8-10-12-17)36-13-18-20(33)25(4,26)24(37-18)32-14-27-19-21(31(5)6)28-16(3)29-22(19)32/h8-12,14-15,18,20,24,33H,7,13H2,1-6H3,(H,30,40)/t15-,18-,20-,24-,25-,39?/m1/s1. The molecule has 1 fully saturated rings. The fourth-order valence-electron chi connectivity index (χ4n) is 4.28. The zero-order valence-electron chi connectivity index (χ0n) is 23.1. The third-order valence-electron chi connectivity index (χ3n) is 6.28. The van der Waals surface area contributed by atoms with Gasteiger partial charge in [0.05, 0.1) is 19.5 Å². The number of para-hydroxylation sites is 1. The van der Waals surface area contributed by atoms with E-state index in [0.717, 1.165) is 0 Å². The quantitative estimate of drug-likeness (QED) is 0.249. The zero-order valence-corrected chi connectivity index (χ0v) is 24.9. The van der Waals surface area contributed by atoms with Gasteiger partial charge in [-0.1, -0.05) is 18.2 Å². The number of nitrogens with one attached hydrogen (secondary N) is 1. The minimum Gasteiger partial charge on any atom is -0.465 e. The highest BCUT2D eigenvalue weighted by molar-refractivity contribution is 8.09. The molecule has 0 spiro atoms. The van der Waals surface area contributed by atoms with Gasteiger partial charge < -0.3 is 28.5 Å². The molecule has 1 saturated heterocycles. The average molecular weight is 597 g/mol. The predicted octanol–water partition coefficient (Wildman–Crippen LogP) is 3.05. The average Bonchev–Trinajstić information content (AvgIpc) is 3.40. The molecule has 2 N–H and O–H groups in total. The van der Waals surface area contributed by atoms with E-state index in [1.165, 1.54) is 17.8 Å². The van der Waals surface area contributed by atoms with Crippen molar-refractivity contribution in [3.63, 3.8) is 0 Å². The van der Waals surface area contributed by atoms with Crippen LogP contribution < -0.4 is 14.5 Å². The van der Waals surface area contributed by atoms with Gasteiger partial charge in [-0.3, -0.25) is 9.36 Å². The number of aliphatic hydroxyl groups is 1. The normalized spacial score (nSPS) is 24.9. The van der Waals surface area contributed by atoms with Crippen LogP contribution in [-0.4, -0.2) is 81.8 Å². The molecule has 0 radical (unpaired) electrons. The Kier molecular flexibility index (Phi) is 9.08. The molecule has 1 aromatic carbocycles. The van der Waals surface area contributed by atoms with E-state index in [4.69, 9.17) is 30.3 Å². The van der Waals surface area contributed by atoms with Gasteiger partial charge in [-0.15, -0.1) is 0 Å². The molecule has 3 aromatic rings. The number of aryl methyl sites for hydroxylation is 1. The van der Waals surface area contributed by atoms with Gasteiger partial charge in [-0.25, -0.2) is 24.4 Å². The second-order valence-corrected chi connectivity index (χ2v) is 12.9. The summed E-state index contributed by atoms with van der Waals surface area (Å²) in [6.07, 6.45) is -2.58. The lowest BCUT2D eigenvalue weighted by Gasteiger charge is -2.28. The van der Waals surface area contributed by atoms with Crippen molar-refractivity contribution in [3.05, 3.63) is 42.5 Å². The van der Waals surface area contributed by atoms with Crippen molar-refractivity contribution in [1.29, 1.82) is 0 Å². The number of aromatic nitrogens is 4. The molecule has 0 bridgehead atoms. The van der Waals surface area contributed by atoms with Gasteiger partial charge in [0.25, 0.3) is 0 Å². The second kappa shape index (κ2) is 12.0. The molecule has 1 aliphatic rings. The van der Waals surface area contributed by atoms with E-state index in [-0.39, 0.29) is 13.2 Å². The van der Waals surface area contributed by atoms with Gasteiger partial charge in [0, 0.05) is 14.1 Å². The topological polar surface area (TPSA) is 133 Å². The van der Waals surface area contributed by atoms with Gasteiger partial charge in [0.2, 0.25) is 0 Å². The summed E-state index contributed by atoms with van der Waals surface area (Å²) < 4.78 is 40.6. The number of rotatable bonds is 11. The van der Waals surface area contributed by atoms with Crippen LogP contribution in [0.5, 0.6) is 5.75 Å². The van der Waals surface area contributed by atoms with E-state index in [0.29, 0.717) is 28.6 Å². The number of nitrogens with zero attached hydrogens (tertiary/aromatic N) is 5. The SMILES string of the molecule is CCOC(=O)[C@@H](C)NP(=S)(OC[C@H]1O[C@@H](n2cnc3c(N(C)C)nc(C)nc32)[C@](C)(F)[C@@H]1O)Oc1ccccc1. The first-order valence-electron chi connectivity index (χ1n) is 12.7. The van der Waals surface area contributed by atoms with Crippen LogP contribution in [0.1, 0.15) is 32.8 Å². The van der Waals surface area contributed by atoms with Gasteiger partial charge in [0.15, 0.2) is 28.9 Å². The van der Waals surface area contributed by atoms with Crippen molar-refractivity contribution >= 4 is 41.4 Å².